The third-order valence-electron chi connectivity index (χ3n) is 2.10. The number of pyridine rings is 1. The molecule has 13 heavy (non-hydrogen) atoms. The first kappa shape index (κ1) is 9.93. The highest BCUT2D eigenvalue weighted by Crippen LogP contribution is 2.16. The van der Waals surface area contributed by atoms with Gasteiger partial charge in [0.1, 0.15) is 0 Å². The number of hydrogen-bond donors (Lipinski definition) is 1. The van der Waals surface area contributed by atoms with Crippen molar-refractivity contribution in [1.29, 1.82) is 0 Å². The summed E-state index contributed by atoms with van der Waals surface area (Å²) in [5.41, 5.74) is 2.85. The first-order chi connectivity index (χ1) is 6.15. The van der Waals surface area contributed by atoms with Gasteiger partial charge in [-0.1, -0.05) is 12.1 Å². The molecule has 0 aromatic carbocycles. The van der Waals surface area contributed by atoms with Crippen LogP contribution in [0.5, 0.6) is 0 Å². The molecule has 1 atom stereocenters. The van der Waals surface area contributed by atoms with Crippen molar-refractivity contribution in [3.05, 3.63) is 41.7 Å². The summed E-state index contributed by atoms with van der Waals surface area (Å²) >= 11 is 0. The normalized spacial score (nSPS) is 12.5. The van der Waals surface area contributed by atoms with Crippen LogP contribution in [0.3, 0.4) is 0 Å². The lowest BCUT2D eigenvalue weighted by atomic mass is 10.1. The molecule has 0 saturated heterocycles. The van der Waals surface area contributed by atoms with Gasteiger partial charge in [-0.2, -0.15) is 0 Å². The van der Waals surface area contributed by atoms with E-state index < -0.39 is 6.10 Å². The van der Waals surface area contributed by atoms with Crippen molar-refractivity contribution in [3.8, 4) is 0 Å². The molecule has 2 nitrogen and oxygen atoms in total. The van der Waals surface area contributed by atoms with Crippen molar-refractivity contribution >= 4 is 0 Å². The molecule has 1 aromatic rings. The molecule has 0 spiro atoms. The molecule has 0 bridgehead atoms. The predicted octanol–water partition coefficient (Wildman–Crippen LogP) is 2.31. The van der Waals surface area contributed by atoms with E-state index in [1.54, 1.807) is 6.08 Å². The van der Waals surface area contributed by atoms with Gasteiger partial charge in [0, 0.05) is 5.69 Å². The smallest absolute Gasteiger partial charge is 0.0994 e. The van der Waals surface area contributed by atoms with Gasteiger partial charge in [0.15, 0.2) is 0 Å². The van der Waals surface area contributed by atoms with Crippen LogP contribution in [0.1, 0.15) is 29.5 Å². The Morgan fingerprint density at radius 2 is 2.23 bits per heavy atom. The first-order valence-corrected chi connectivity index (χ1v) is 4.38. The highest BCUT2D eigenvalue weighted by Gasteiger charge is 2.07. The molecule has 1 aromatic heterocycles. The second-order valence-corrected chi connectivity index (χ2v) is 3.18. The molecule has 70 valence electrons. The summed E-state index contributed by atoms with van der Waals surface area (Å²) in [6, 6.07) is 3.83. The van der Waals surface area contributed by atoms with Crippen molar-refractivity contribution in [2.45, 2.75) is 26.4 Å². The minimum Gasteiger partial charge on any atom is -0.386 e. The Bertz CT molecular complexity index is 307. The van der Waals surface area contributed by atoms with Crippen LogP contribution in [-0.4, -0.2) is 10.1 Å². The van der Waals surface area contributed by atoms with Crippen molar-refractivity contribution < 1.29 is 5.11 Å². The van der Waals surface area contributed by atoms with Gasteiger partial charge in [-0.3, -0.25) is 4.98 Å². The van der Waals surface area contributed by atoms with Gasteiger partial charge in [0.25, 0.3) is 0 Å². The van der Waals surface area contributed by atoms with E-state index in [1.807, 2.05) is 26.0 Å². The third-order valence-corrected chi connectivity index (χ3v) is 2.10. The maximum atomic E-state index is 9.60. The van der Waals surface area contributed by atoms with Gasteiger partial charge in [-0.25, -0.2) is 0 Å². The molecule has 1 N–H and O–H groups in total. The van der Waals surface area contributed by atoms with E-state index in [4.69, 9.17) is 0 Å². The van der Waals surface area contributed by atoms with Crippen LogP contribution in [-0.2, 0) is 0 Å². The fourth-order valence-corrected chi connectivity index (χ4v) is 1.11. The Balaban J connectivity index is 2.89. The molecule has 0 radical (unpaired) electrons. The van der Waals surface area contributed by atoms with Crippen LogP contribution in [0.15, 0.2) is 24.8 Å². The zero-order chi connectivity index (χ0) is 9.84. The molecular formula is C11H15NO. The van der Waals surface area contributed by atoms with Crippen LogP contribution in [0.2, 0.25) is 0 Å². The van der Waals surface area contributed by atoms with Crippen molar-refractivity contribution in [1.82, 2.24) is 4.98 Å². The van der Waals surface area contributed by atoms with Crippen molar-refractivity contribution in [2.75, 3.05) is 0 Å². The lowest BCUT2D eigenvalue weighted by Gasteiger charge is -2.08. The molecule has 0 amide bonds. The number of aryl methyl sites for hydroxylation is 2. The Kier molecular flexibility index (Phi) is 3.20. The van der Waals surface area contributed by atoms with Crippen LogP contribution in [0.25, 0.3) is 0 Å². The predicted molar refractivity (Wildman–Crippen MR) is 53.5 cm³/mol. The minimum atomic E-state index is -0.517. The van der Waals surface area contributed by atoms with E-state index in [9.17, 15) is 5.11 Å². The van der Waals surface area contributed by atoms with Gasteiger partial charge in [-0.15, -0.1) is 6.58 Å². The average Bonchev–Trinajstić information content (AvgIpc) is 2.10. The monoisotopic (exact) mass is 177 g/mol. The van der Waals surface area contributed by atoms with Crippen LogP contribution >= 0.6 is 0 Å². The maximum absolute atomic E-state index is 9.60. The highest BCUT2D eigenvalue weighted by atomic mass is 16.3. The fraction of sp³-hybridized carbons (Fsp3) is 0.364. The number of aliphatic hydroxyl groups excluding tert-OH is 1. The topological polar surface area (TPSA) is 33.1 Å². The fourth-order valence-electron chi connectivity index (χ4n) is 1.11. The maximum Gasteiger partial charge on any atom is 0.0994 e. The number of aliphatic hydroxyl groups is 1. The van der Waals surface area contributed by atoms with Crippen LogP contribution in [0.4, 0.5) is 0 Å². The summed E-state index contributed by atoms with van der Waals surface area (Å²) < 4.78 is 0. The molecule has 2 heteroatoms. The molecule has 0 aliphatic carbocycles. The van der Waals surface area contributed by atoms with Gasteiger partial charge >= 0.3 is 0 Å². The first-order valence-electron chi connectivity index (χ1n) is 4.38. The average molecular weight is 177 g/mol. The van der Waals surface area contributed by atoms with E-state index in [1.165, 1.54) is 0 Å². The van der Waals surface area contributed by atoms with E-state index in [-0.39, 0.29) is 0 Å². The molecule has 1 heterocycles. The third kappa shape index (κ3) is 2.39. The molecule has 0 aliphatic heterocycles. The van der Waals surface area contributed by atoms with Crippen LogP contribution < -0.4 is 0 Å². The summed E-state index contributed by atoms with van der Waals surface area (Å²) in [6.07, 6.45) is 1.73. The van der Waals surface area contributed by atoms with E-state index in [2.05, 4.69) is 11.6 Å². The summed E-state index contributed by atoms with van der Waals surface area (Å²) in [4.78, 5) is 4.29. The number of hydrogen-bond acceptors (Lipinski definition) is 2. The molecule has 1 unspecified atom stereocenters. The van der Waals surface area contributed by atoms with Crippen molar-refractivity contribution in [3.63, 3.8) is 0 Å². The number of rotatable bonds is 3. The molecule has 0 aliphatic rings. The lowest BCUT2D eigenvalue weighted by molar-refractivity contribution is 0.176. The molecule has 0 fully saturated rings. The van der Waals surface area contributed by atoms with Gasteiger partial charge in [-0.05, 0) is 31.9 Å². The molecular weight excluding hydrogens is 162 g/mol. The van der Waals surface area contributed by atoms with E-state index >= 15 is 0 Å². The Morgan fingerprint density at radius 3 is 2.77 bits per heavy atom. The van der Waals surface area contributed by atoms with Gasteiger partial charge < -0.3 is 5.11 Å². The molecule has 1 rings (SSSR count). The summed E-state index contributed by atoms with van der Waals surface area (Å²) in [5.74, 6) is 0. The van der Waals surface area contributed by atoms with E-state index in [0.29, 0.717) is 6.42 Å². The minimum absolute atomic E-state index is 0.517. The summed E-state index contributed by atoms with van der Waals surface area (Å²) in [6.45, 7) is 7.53. The zero-order valence-electron chi connectivity index (χ0n) is 8.12. The largest absolute Gasteiger partial charge is 0.386 e. The SMILES string of the molecule is C=CCC(O)c1ccc(C)c(C)n1. The molecule has 0 saturated carbocycles. The number of nitrogens with zero attached hydrogens (tertiary/aromatic N) is 1. The zero-order valence-corrected chi connectivity index (χ0v) is 8.12. The Morgan fingerprint density at radius 1 is 1.54 bits per heavy atom. The Labute approximate surface area is 78.9 Å². The van der Waals surface area contributed by atoms with Gasteiger partial charge in [0.05, 0.1) is 11.8 Å². The Hall–Kier alpha value is -1.15. The summed E-state index contributed by atoms with van der Waals surface area (Å²) in [5, 5.41) is 9.60. The second kappa shape index (κ2) is 4.19. The van der Waals surface area contributed by atoms with Crippen LogP contribution in [0, 0.1) is 13.8 Å². The van der Waals surface area contributed by atoms with Crippen molar-refractivity contribution in [2.24, 2.45) is 0 Å². The summed E-state index contributed by atoms with van der Waals surface area (Å²) in [7, 11) is 0. The second-order valence-electron chi connectivity index (χ2n) is 3.18. The quantitative estimate of drug-likeness (QED) is 0.719. The standard InChI is InChI=1S/C11H15NO/c1-4-5-11(13)10-7-6-8(2)9(3)12-10/h4,6-7,11,13H,1,5H2,2-3H3. The highest BCUT2D eigenvalue weighted by molar-refractivity contribution is 5.21. The lowest BCUT2D eigenvalue weighted by Crippen LogP contribution is -2.01. The van der Waals surface area contributed by atoms with E-state index in [0.717, 1.165) is 17.0 Å². The number of aromatic nitrogens is 1. The van der Waals surface area contributed by atoms with Gasteiger partial charge in [0.2, 0.25) is 0 Å².